The molecule has 3 aliphatic carbocycles. The third kappa shape index (κ3) is 7.77. The maximum Gasteiger partial charge on any atom is 0.408 e. The topological polar surface area (TPSA) is 224 Å². The smallest absolute Gasteiger partial charge is 0.408 e. The molecular weight excluding hydrogens is 790 g/mol. The molecule has 16 heteroatoms. The Morgan fingerprint density at radius 1 is 0.949 bits per heavy atom. The number of Topliss-reactive ketones (excluding diaryl/α,β-unsaturated/α-hetero) is 1. The quantitative estimate of drug-likeness (QED) is 0.145. The maximum atomic E-state index is 14.9. The molecule has 1 amide bonds. The molecule has 0 aromatic heterocycles. The first-order valence-corrected chi connectivity index (χ1v) is 19.3. The van der Waals surface area contributed by atoms with Crippen molar-refractivity contribution in [1.29, 1.82) is 0 Å². The minimum Gasteiger partial charge on any atom is -0.456 e. The second kappa shape index (κ2) is 16.2. The van der Waals surface area contributed by atoms with Gasteiger partial charge in [-0.25, -0.2) is 14.4 Å². The zero-order valence-corrected chi connectivity index (χ0v) is 35.1. The number of aliphatic hydroxyl groups excluding tert-OH is 3. The molecule has 2 saturated carbocycles. The molecule has 3 fully saturated rings. The number of fused-ring (bicyclic) bond motifs is 5. The highest BCUT2D eigenvalue weighted by molar-refractivity contribution is 5.94. The minimum atomic E-state index is -2.35. The Labute approximate surface area is 348 Å². The van der Waals surface area contributed by atoms with E-state index < -0.39 is 112 Å². The Hall–Kier alpha value is -4.38. The van der Waals surface area contributed by atoms with E-state index in [0.29, 0.717) is 5.56 Å². The van der Waals surface area contributed by atoms with Crippen LogP contribution in [-0.2, 0) is 38.1 Å². The van der Waals surface area contributed by atoms with Crippen LogP contribution in [0.15, 0.2) is 71.8 Å². The number of amides is 1. The molecule has 1 aliphatic heterocycles. The fourth-order valence-corrected chi connectivity index (χ4v) is 9.56. The molecule has 0 spiro atoms. The molecule has 11 atom stereocenters. The summed E-state index contributed by atoms with van der Waals surface area (Å²) in [6.45, 7) is 11.8. The molecule has 0 radical (unpaired) electrons. The number of ketones is 1. The van der Waals surface area contributed by atoms with Crippen LogP contribution in [0.5, 0.6) is 0 Å². The van der Waals surface area contributed by atoms with Gasteiger partial charge in [-0.3, -0.25) is 9.59 Å². The summed E-state index contributed by atoms with van der Waals surface area (Å²) in [7, 11) is 0. The molecule has 59 heavy (non-hydrogen) atoms. The number of rotatable bonds is 8. The molecule has 1 saturated heterocycles. The van der Waals surface area contributed by atoms with Gasteiger partial charge < -0.3 is 49.4 Å². The lowest BCUT2D eigenvalue weighted by atomic mass is 9.44. The van der Waals surface area contributed by atoms with E-state index >= 15 is 0 Å². The molecule has 2 bridgehead atoms. The Morgan fingerprint density at radius 3 is 2.08 bits per heavy atom. The average Bonchev–Trinajstić information content (AvgIpc) is 3.14. The summed E-state index contributed by atoms with van der Waals surface area (Å²) in [6.07, 6.45) is -11.5. The number of carbonyl (C=O) groups is 5. The summed E-state index contributed by atoms with van der Waals surface area (Å²) in [4.78, 5) is 68.9. The number of hydrogen-bond donors (Lipinski definition) is 5. The predicted molar refractivity (Wildman–Crippen MR) is 211 cm³/mol. The standard InChI is InChI=1S/C43H53NO14.ClH/c1-22-26(55-37(51)32(48)30(24-15-11-9-12-16-24)44-38(52)58-39(3,4)5)20-43(53)35(56-36(50)25-17-13-10-14-18-25)33-41(8,34(49)31(47)29(22)40(43,6)7)27(46)19-28-42(33,21-54-28)57-23(2)45;/h9-18,26-28,30-33,35,46-48,53H,19-21H2,1-8H3,(H,44,52);1H/t26-,27-,28+,30-,31+,32+,33-,35-,41+,42-,43+;/m0./s1. The van der Waals surface area contributed by atoms with Crippen LogP contribution in [-0.4, -0.2) is 110 Å². The molecule has 322 valence electrons. The third-order valence-electron chi connectivity index (χ3n) is 12.6. The number of ether oxygens (including phenoxy) is 5. The normalized spacial score (nSPS) is 33.1. The van der Waals surface area contributed by atoms with Crippen molar-refractivity contribution in [2.75, 3.05) is 6.61 Å². The van der Waals surface area contributed by atoms with E-state index in [1.165, 1.54) is 26.0 Å². The van der Waals surface area contributed by atoms with Gasteiger partial charge in [-0.1, -0.05) is 62.4 Å². The average molecular weight is 844 g/mol. The number of carbonyl (C=O) groups excluding carboxylic acids is 5. The second-order valence-corrected chi connectivity index (χ2v) is 17.6. The number of esters is 3. The third-order valence-corrected chi connectivity index (χ3v) is 12.6. The lowest BCUT2D eigenvalue weighted by molar-refractivity contribution is -0.346. The van der Waals surface area contributed by atoms with Gasteiger partial charge in [0.05, 0.1) is 35.6 Å². The van der Waals surface area contributed by atoms with Gasteiger partial charge in [0.1, 0.15) is 35.6 Å². The number of aliphatic hydroxyl groups is 4. The minimum absolute atomic E-state index is 0. The number of hydrogen-bond acceptors (Lipinski definition) is 14. The van der Waals surface area contributed by atoms with Crippen LogP contribution in [0.25, 0.3) is 0 Å². The van der Waals surface area contributed by atoms with Crippen molar-refractivity contribution < 1.29 is 68.1 Å². The van der Waals surface area contributed by atoms with Crippen molar-refractivity contribution in [1.82, 2.24) is 5.32 Å². The Bertz CT molecular complexity index is 1980. The van der Waals surface area contributed by atoms with Gasteiger partial charge in [0.2, 0.25) is 0 Å². The predicted octanol–water partition coefficient (Wildman–Crippen LogP) is 3.68. The molecular formula is C43H54ClNO14. The van der Waals surface area contributed by atoms with Crippen LogP contribution < -0.4 is 5.32 Å². The summed E-state index contributed by atoms with van der Waals surface area (Å²) in [5, 5.41) is 51.6. The summed E-state index contributed by atoms with van der Waals surface area (Å²) in [5.74, 6) is -5.36. The fraction of sp³-hybridized carbons (Fsp3) is 0.558. The monoisotopic (exact) mass is 843 g/mol. The SMILES string of the molecule is CC(=O)O[C@@]12CO[C@@H]1C[C@H](O)[C@@]1(C)C(=O)[C@H](O)C3=C(C)[C@@H](OC(=O)[C@H](O)[C@@H](NC(=O)OC(C)(C)C)c4ccccc4)C[C@@](O)([C@@H](OC(=O)c4ccccc4)[C@H]21)C3(C)C.Cl. The molecule has 2 aromatic carbocycles. The van der Waals surface area contributed by atoms with Crippen LogP contribution in [0.3, 0.4) is 0 Å². The van der Waals surface area contributed by atoms with E-state index in [1.807, 2.05) is 0 Å². The largest absolute Gasteiger partial charge is 0.456 e. The van der Waals surface area contributed by atoms with Gasteiger partial charge in [0, 0.05) is 25.2 Å². The molecule has 5 N–H and O–H groups in total. The molecule has 0 unspecified atom stereocenters. The molecule has 4 aliphatic rings. The summed E-state index contributed by atoms with van der Waals surface area (Å²) < 4.78 is 29.5. The lowest BCUT2D eigenvalue weighted by Crippen LogP contribution is -2.81. The van der Waals surface area contributed by atoms with E-state index in [-0.39, 0.29) is 42.1 Å². The zero-order valence-electron chi connectivity index (χ0n) is 34.3. The molecule has 15 nitrogen and oxygen atoms in total. The highest BCUT2D eigenvalue weighted by Crippen LogP contribution is 2.64. The number of nitrogens with one attached hydrogen (secondary N) is 1. The van der Waals surface area contributed by atoms with E-state index in [4.69, 9.17) is 23.7 Å². The van der Waals surface area contributed by atoms with Crippen molar-refractivity contribution >= 4 is 42.2 Å². The van der Waals surface area contributed by atoms with Crippen molar-refractivity contribution in [2.24, 2.45) is 16.7 Å². The maximum absolute atomic E-state index is 14.9. The highest BCUT2D eigenvalue weighted by atomic mass is 35.5. The summed E-state index contributed by atoms with van der Waals surface area (Å²) in [5.41, 5.74) is -8.14. The summed E-state index contributed by atoms with van der Waals surface area (Å²) in [6, 6.07) is 14.6. The van der Waals surface area contributed by atoms with Crippen LogP contribution in [0, 0.1) is 16.7 Å². The van der Waals surface area contributed by atoms with E-state index in [2.05, 4.69) is 5.32 Å². The Balaban J connectivity index is 0.00000661. The van der Waals surface area contributed by atoms with Crippen molar-refractivity contribution in [3.63, 3.8) is 0 Å². The first-order valence-electron chi connectivity index (χ1n) is 19.3. The first kappa shape index (κ1) is 45.7. The molecule has 2 aromatic rings. The van der Waals surface area contributed by atoms with Crippen molar-refractivity contribution in [3.8, 4) is 0 Å². The van der Waals surface area contributed by atoms with Gasteiger partial charge in [-0.2, -0.15) is 0 Å². The van der Waals surface area contributed by atoms with Crippen LogP contribution >= 0.6 is 12.4 Å². The summed E-state index contributed by atoms with van der Waals surface area (Å²) >= 11 is 0. The van der Waals surface area contributed by atoms with E-state index in [0.717, 1.165) is 6.92 Å². The second-order valence-electron chi connectivity index (χ2n) is 17.6. The van der Waals surface area contributed by atoms with Crippen LogP contribution in [0.4, 0.5) is 4.79 Å². The van der Waals surface area contributed by atoms with Gasteiger partial charge in [-0.15, -0.1) is 12.4 Å². The zero-order chi connectivity index (χ0) is 42.7. The van der Waals surface area contributed by atoms with E-state index in [1.54, 1.807) is 83.1 Å². The number of halogens is 1. The van der Waals surface area contributed by atoms with Crippen LogP contribution in [0.2, 0.25) is 0 Å². The fourth-order valence-electron chi connectivity index (χ4n) is 9.56. The Morgan fingerprint density at radius 2 is 1.54 bits per heavy atom. The van der Waals surface area contributed by atoms with Crippen molar-refractivity contribution in [3.05, 3.63) is 82.9 Å². The molecule has 6 rings (SSSR count). The van der Waals surface area contributed by atoms with Gasteiger partial charge >= 0.3 is 24.0 Å². The Kier molecular flexibility index (Phi) is 12.6. The van der Waals surface area contributed by atoms with Gasteiger partial charge in [0.25, 0.3) is 0 Å². The van der Waals surface area contributed by atoms with E-state index in [9.17, 15) is 44.4 Å². The number of benzene rings is 2. The number of alkyl carbamates (subject to hydrolysis) is 1. The first-order chi connectivity index (χ1) is 27.0. The van der Waals surface area contributed by atoms with Gasteiger partial charge in [0.15, 0.2) is 17.5 Å². The van der Waals surface area contributed by atoms with Gasteiger partial charge in [-0.05, 0) is 63.5 Å². The van der Waals surface area contributed by atoms with Crippen LogP contribution in [0.1, 0.15) is 90.2 Å². The molecule has 1 heterocycles. The lowest BCUT2D eigenvalue weighted by Gasteiger charge is -2.67. The highest BCUT2D eigenvalue weighted by Gasteiger charge is 2.78. The van der Waals surface area contributed by atoms with Crippen molar-refractivity contribution in [2.45, 2.75) is 128 Å².